The molecule has 1 saturated heterocycles. The van der Waals surface area contributed by atoms with Crippen LogP contribution in [0.1, 0.15) is 13.3 Å². The summed E-state index contributed by atoms with van der Waals surface area (Å²) in [4.78, 5) is 23.4. The zero-order chi connectivity index (χ0) is 23.0. The van der Waals surface area contributed by atoms with Gasteiger partial charge in [0.25, 0.3) is 0 Å². The Balaban J connectivity index is 1.49. The number of anilines is 1. The number of amides is 1. The molecule has 0 spiro atoms. The van der Waals surface area contributed by atoms with Crippen LogP contribution in [0.5, 0.6) is 5.75 Å². The second-order valence-corrected chi connectivity index (χ2v) is 10.1. The number of aromatic nitrogens is 1. The lowest BCUT2D eigenvalue weighted by Crippen LogP contribution is -2.39. The Hall–Kier alpha value is -1.84. The van der Waals surface area contributed by atoms with Gasteiger partial charge in [-0.25, -0.2) is 4.98 Å². The molecule has 1 aromatic heterocycles. The highest BCUT2D eigenvalue weighted by molar-refractivity contribution is 8.00. The predicted molar refractivity (Wildman–Crippen MR) is 137 cm³/mol. The standard InChI is InChI=1S/C24H28ClN3O3S2/c1-2-31-20-5-3-6-21-23(20)26-24(33-21)28(12-4-11-27-13-15-30-16-14-27)22(29)17-32-19-9-7-18(25)8-10-19/h3,5-10H,2,4,11-17H2,1H3. The number of carbonyl (C=O) groups excluding carboxylic acids is 1. The van der Waals surface area contributed by atoms with Gasteiger partial charge in [-0.05, 0) is 49.7 Å². The Morgan fingerprint density at radius 2 is 2.03 bits per heavy atom. The molecule has 0 unspecified atom stereocenters. The van der Waals surface area contributed by atoms with E-state index in [1.165, 1.54) is 23.1 Å². The molecule has 3 aromatic rings. The maximum atomic E-state index is 13.3. The van der Waals surface area contributed by atoms with E-state index in [0.717, 1.165) is 65.3 Å². The van der Waals surface area contributed by atoms with Crippen molar-refractivity contribution in [3.05, 3.63) is 47.5 Å². The van der Waals surface area contributed by atoms with E-state index in [9.17, 15) is 4.79 Å². The molecule has 2 heterocycles. The van der Waals surface area contributed by atoms with Gasteiger partial charge in [0.15, 0.2) is 5.13 Å². The molecule has 1 amide bonds. The number of ether oxygens (including phenoxy) is 2. The van der Waals surface area contributed by atoms with Crippen molar-refractivity contribution in [2.24, 2.45) is 0 Å². The highest BCUT2D eigenvalue weighted by Crippen LogP contribution is 2.35. The quantitative estimate of drug-likeness (QED) is 0.353. The van der Waals surface area contributed by atoms with Gasteiger partial charge in [0, 0.05) is 36.1 Å². The number of fused-ring (bicyclic) bond motifs is 1. The number of hydrogen-bond donors (Lipinski definition) is 0. The average Bonchev–Trinajstić information content (AvgIpc) is 3.27. The molecule has 9 heteroatoms. The van der Waals surface area contributed by atoms with Crippen LogP contribution in [0.15, 0.2) is 47.4 Å². The molecule has 33 heavy (non-hydrogen) atoms. The number of thiazole rings is 1. The van der Waals surface area contributed by atoms with Crippen LogP contribution in [0.3, 0.4) is 0 Å². The van der Waals surface area contributed by atoms with E-state index in [1.54, 1.807) is 0 Å². The summed E-state index contributed by atoms with van der Waals surface area (Å²) >= 11 is 9.04. The molecule has 4 rings (SSSR count). The largest absolute Gasteiger partial charge is 0.492 e. The summed E-state index contributed by atoms with van der Waals surface area (Å²) in [7, 11) is 0. The van der Waals surface area contributed by atoms with Gasteiger partial charge >= 0.3 is 0 Å². The second kappa shape index (κ2) is 12.0. The average molecular weight is 506 g/mol. The zero-order valence-corrected chi connectivity index (χ0v) is 21.1. The number of carbonyl (C=O) groups is 1. The molecular formula is C24H28ClN3O3S2. The smallest absolute Gasteiger partial charge is 0.239 e. The van der Waals surface area contributed by atoms with Crippen LogP contribution in [0, 0.1) is 0 Å². The third-order valence-electron chi connectivity index (χ3n) is 5.34. The minimum atomic E-state index is 0.0499. The summed E-state index contributed by atoms with van der Waals surface area (Å²) in [5, 5.41) is 1.41. The maximum Gasteiger partial charge on any atom is 0.239 e. The summed E-state index contributed by atoms with van der Waals surface area (Å²) in [5.41, 5.74) is 0.815. The summed E-state index contributed by atoms with van der Waals surface area (Å²) in [6.45, 7) is 7.54. The van der Waals surface area contributed by atoms with Crippen LogP contribution in [-0.4, -0.2) is 67.5 Å². The fourth-order valence-electron chi connectivity index (χ4n) is 3.66. The highest BCUT2D eigenvalue weighted by Gasteiger charge is 2.21. The van der Waals surface area contributed by atoms with Crippen molar-refractivity contribution >= 4 is 56.0 Å². The molecule has 0 bridgehead atoms. The van der Waals surface area contributed by atoms with Crippen molar-refractivity contribution in [3.63, 3.8) is 0 Å². The van der Waals surface area contributed by atoms with Gasteiger partial charge in [0.05, 0.1) is 30.3 Å². The minimum absolute atomic E-state index is 0.0499. The normalized spacial score (nSPS) is 14.5. The van der Waals surface area contributed by atoms with E-state index in [2.05, 4.69) is 4.90 Å². The second-order valence-electron chi connectivity index (χ2n) is 7.63. The lowest BCUT2D eigenvalue weighted by Gasteiger charge is -2.27. The lowest BCUT2D eigenvalue weighted by atomic mass is 10.3. The first-order valence-corrected chi connectivity index (χ1v) is 13.3. The van der Waals surface area contributed by atoms with Gasteiger partial charge in [-0.2, -0.15) is 0 Å². The van der Waals surface area contributed by atoms with Gasteiger partial charge in [-0.1, -0.05) is 29.0 Å². The molecule has 1 aliphatic rings. The molecule has 6 nitrogen and oxygen atoms in total. The van der Waals surface area contributed by atoms with Crippen molar-refractivity contribution in [2.45, 2.75) is 18.2 Å². The maximum absolute atomic E-state index is 13.3. The number of morpholine rings is 1. The number of hydrogen-bond acceptors (Lipinski definition) is 7. The fourth-order valence-corrected chi connectivity index (χ4v) is 5.58. The first-order chi connectivity index (χ1) is 16.1. The highest BCUT2D eigenvalue weighted by atomic mass is 35.5. The van der Waals surface area contributed by atoms with Crippen LogP contribution in [0.25, 0.3) is 10.2 Å². The lowest BCUT2D eigenvalue weighted by molar-refractivity contribution is -0.116. The van der Waals surface area contributed by atoms with E-state index in [1.807, 2.05) is 54.3 Å². The molecular weight excluding hydrogens is 478 g/mol. The third-order valence-corrected chi connectivity index (χ3v) is 7.63. The number of thioether (sulfide) groups is 1. The fraction of sp³-hybridized carbons (Fsp3) is 0.417. The van der Waals surface area contributed by atoms with Gasteiger partial charge in [-0.15, -0.1) is 11.8 Å². The van der Waals surface area contributed by atoms with Gasteiger partial charge in [-0.3, -0.25) is 14.6 Å². The van der Waals surface area contributed by atoms with Crippen molar-refractivity contribution in [2.75, 3.05) is 56.7 Å². The van der Waals surface area contributed by atoms with E-state index >= 15 is 0 Å². The molecule has 1 fully saturated rings. The summed E-state index contributed by atoms with van der Waals surface area (Å²) in [5.74, 6) is 1.15. The van der Waals surface area contributed by atoms with E-state index in [4.69, 9.17) is 26.1 Å². The molecule has 0 atom stereocenters. The predicted octanol–water partition coefficient (Wildman–Crippen LogP) is 5.20. The number of halogens is 1. The number of benzene rings is 2. The third kappa shape index (κ3) is 6.61. The van der Waals surface area contributed by atoms with Crippen molar-refractivity contribution in [3.8, 4) is 5.75 Å². The Morgan fingerprint density at radius 3 is 2.79 bits per heavy atom. The van der Waals surface area contributed by atoms with E-state index in [-0.39, 0.29) is 5.91 Å². The van der Waals surface area contributed by atoms with Crippen LogP contribution in [0.2, 0.25) is 5.02 Å². The summed E-state index contributed by atoms with van der Waals surface area (Å²) in [6, 6.07) is 13.5. The van der Waals surface area contributed by atoms with Crippen molar-refractivity contribution < 1.29 is 14.3 Å². The molecule has 1 aliphatic heterocycles. The minimum Gasteiger partial charge on any atom is -0.492 e. The molecule has 0 N–H and O–H groups in total. The number of rotatable bonds is 10. The van der Waals surface area contributed by atoms with E-state index in [0.29, 0.717) is 23.9 Å². The van der Waals surface area contributed by atoms with Gasteiger partial charge < -0.3 is 9.47 Å². The topological polar surface area (TPSA) is 54.9 Å². The molecule has 2 aromatic carbocycles. The van der Waals surface area contributed by atoms with Crippen LogP contribution in [0.4, 0.5) is 5.13 Å². The zero-order valence-electron chi connectivity index (χ0n) is 18.7. The van der Waals surface area contributed by atoms with Crippen LogP contribution >= 0.6 is 34.7 Å². The SMILES string of the molecule is CCOc1cccc2sc(N(CCCN3CCOCC3)C(=O)CSc3ccc(Cl)cc3)nc12. The van der Waals surface area contributed by atoms with Crippen LogP contribution in [-0.2, 0) is 9.53 Å². The Morgan fingerprint density at radius 1 is 1.24 bits per heavy atom. The Kier molecular flexibility index (Phi) is 8.86. The molecule has 0 saturated carbocycles. The Bertz CT molecular complexity index is 1050. The van der Waals surface area contributed by atoms with Crippen molar-refractivity contribution in [1.82, 2.24) is 9.88 Å². The number of para-hydroxylation sites is 1. The van der Waals surface area contributed by atoms with E-state index < -0.39 is 0 Å². The monoisotopic (exact) mass is 505 g/mol. The first kappa shape index (κ1) is 24.3. The first-order valence-electron chi connectivity index (χ1n) is 11.1. The van der Waals surface area contributed by atoms with Crippen LogP contribution < -0.4 is 9.64 Å². The van der Waals surface area contributed by atoms with Gasteiger partial charge in [0.1, 0.15) is 11.3 Å². The van der Waals surface area contributed by atoms with Crippen molar-refractivity contribution in [1.29, 1.82) is 0 Å². The molecule has 0 aliphatic carbocycles. The number of nitrogens with zero attached hydrogens (tertiary/aromatic N) is 3. The summed E-state index contributed by atoms with van der Waals surface area (Å²) in [6.07, 6.45) is 0.881. The Labute approximate surface area is 207 Å². The van der Waals surface area contributed by atoms with Gasteiger partial charge in [0.2, 0.25) is 5.91 Å². The molecule has 0 radical (unpaired) electrons. The summed E-state index contributed by atoms with van der Waals surface area (Å²) < 4.78 is 12.2. The molecule has 176 valence electrons.